The number of anilines is 1. The van der Waals surface area contributed by atoms with Gasteiger partial charge in [-0.15, -0.1) is 0 Å². The molecule has 0 unspecified atom stereocenters. The van der Waals surface area contributed by atoms with Crippen molar-refractivity contribution in [2.45, 2.75) is 38.5 Å². The third-order valence-corrected chi connectivity index (χ3v) is 6.06. The van der Waals surface area contributed by atoms with Crippen LogP contribution in [0.4, 0.5) is 5.69 Å². The summed E-state index contributed by atoms with van der Waals surface area (Å²) in [6.07, 6.45) is 2.85. The summed E-state index contributed by atoms with van der Waals surface area (Å²) in [5.74, 6) is -0.233. The molecule has 1 fully saturated rings. The number of likely N-dealkylation sites (tertiary alicyclic amines) is 1. The molecule has 26 heavy (non-hydrogen) atoms. The van der Waals surface area contributed by atoms with E-state index >= 15 is 0 Å². The number of nitrogens with one attached hydrogen (secondary N) is 1. The average molecular weight is 386 g/mol. The van der Waals surface area contributed by atoms with E-state index in [0.717, 1.165) is 0 Å². The molecule has 1 aliphatic heterocycles. The SMILES string of the molecule is CCN1CCCC1.CCNC(=O)c1cc(S(=O)(=O)CC)c(N)cc1OC. The zero-order chi connectivity index (χ0) is 19.7. The van der Waals surface area contributed by atoms with Gasteiger partial charge in [-0.2, -0.15) is 0 Å². The first-order valence-electron chi connectivity index (χ1n) is 9.01. The van der Waals surface area contributed by atoms with E-state index in [1.807, 2.05) is 0 Å². The summed E-state index contributed by atoms with van der Waals surface area (Å²) in [5.41, 5.74) is 5.94. The predicted molar refractivity (Wildman–Crippen MR) is 104 cm³/mol. The second-order valence-corrected chi connectivity index (χ2v) is 8.24. The summed E-state index contributed by atoms with van der Waals surface area (Å²) in [6, 6.07) is 2.62. The first kappa shape index (κ1) is 22.2. The Morgan fingerprint density at radius 1 is 1.23 bits per heavy atom. The molecule has 0 bridgehead atoms. The third-order valence-electron chi connectivity index (χ3n) is 4.27. The Labute approximate surface area is 156 Å². The number of benzene rings is 1. The quantitative estimate of drug-likeness (QED) is 0.726. The number of hydrogen-bond acceptors (Lipinski definition) is 6. The molecule has 3 N–H and O–H groups in total. The van der Waals surface area contributed by atoms with Crippen molar-refractivity contribution in [1.29, 1.82) is 0 Å². The lowest BCUT2D eigenvalue weighted by molar-refractivity contribution is 0.0952. The van der Waals surface area contributed by atoms with E-state index in [0.29, 0.717) is 6.54 Å². The molecule has 1 aromatic carbocycles. The third kappa shape index (κ3) is 5.88. The molecule has 1 aliphatic rings. The Morgan fingerprint density at radius 3 is 2.27 bits per heavy atom. The molecule has 148 valence electrons. The van der Waals surface area contributed by atoms with Gasteiger partial charge in [0.1, 0.15) is 5.75 Å². The van der Waals surface area contributed by atoms with E-state index in [-0.39, 0.29) is 27.6 Å². The van der Waals surface area contributed by atoms with Crippen molar-refractivity contribution in [1.82, 2.24) is 10.2 Å². The Balaban J connectivity index is 0.000000401. The second kappa shape index (κ2) is 10.4. The van der Waals surface area contributed by atoms with Crippen LogP contribution in [0.5, 0.6) is 5.75 Å². The Kier molecular flexibility index (Phi) is 8.87. The van der Waals surface area contributed by atoms with Gasteiger partial charge in [0.25, 0.3) is 5.91 Å². The maximum atomic E-state index is 11.9. The van der Waals surface area contributed by atoms with Crippen LogP contribution in [0.1, 0.15) is 44.0 Å². The lowest BCUT2D eigenvalue weighted by atomic mass is 10.1. The number of ether oxygens (including phenoxy) is 1. The van der Waals surface area contributed by atoms with E-state index in [4.69, 9.17) is 10.5 Å². The summed E-state index contributed by atoms with van der Waals surface area (Å²) >= 11 is 0. The molecule has 2 rings (SSSR count). The molecule has 0 spiro atoms. The molecular weight excluding hydrogens is 354 g/mol. The summed E-state index contributed by atoms with van der Waals surface area (Å²) in [6.45, 7) is 9.89. The van der Waals surface area contributed by atoms with Gasteiger partial charge in [0.05, 0.1) is 29.0 Å². The molecular formula is C18H31N3O4S. The van der Waals surface area contributed by atoms with Crippen molar-refractivity contribution in [3.05, 3.63) is 17.7 Å². The van der Waals surface area contributed by atoms with E-state index in [2.05, 4.69) is 17.1 Å². The van der Waals surface area contributed by atoms with Gasteiger partial charge in [-0.05, 0) is 45.5 Å². The van der Waals surface area contributed by atoms with Crippen LogP contribution in [-0.4, -0.2) is 58.3 Å². The zero-order valence-electron chi connectivity index (χ0n) is 16.2. The van der Waals surface area contributed by atoms with Crippen LogP contribution in [0.3, 0.4) is 0 Å². The van der Waals surface area contributed by atoms with Crippen molar-refractivity contribution >= 4 is 21.4 Å². The number of sulfone groups is 1. The number of carbonyl (C=O) groups excluding carboxylic acids is 1. The summed E-state index contributed by atoms with van der Waals surface area (Å²) in [4.78, 5) is 14.3. The van der Waals surface area contributed by atoms with Crippen LogP contribution in [0, 0.1) is 0 Å². The maximum Gasteiger partial charge on any atom is 0.255 e. The highest BCUT2D eigenvalue weighted by atomic mass is 32.2. The molecule has 7 nitrogen and oxygen atoms in total. The summed E-state index contributed by atoms with van der Waals surface area (Å²) < 4.78 is 28.9. The van der Waals surface area contributed by atoms with E-state index < -0.39 is 15.7 Å². The molecule has 0 aliphatic carbocycles. The van der Waals surface area contributed by atoms with Crippen molar-refractivity contribution in [3.63, 3.8) is 0 Å². The number of nitrogens with zero attached hydrogens (tertiary/aromatic N) is 1. The topological polar surface area (TPSA) is 102 Å². The molecule has 1 heterocycles. The van der Waals surface area contributed by atoms with Crippen LogP contribution in [0.15, 0.2) is 17.0 Å². The van der Waals surface area contributed by atoms with Gasteiger partial charge in [0, 0.05) is 12.6 Å². The molecule has 0 saturated carbocycles. The minimum Gasteiger partial charge on any atom is -0.496 e. The van der Waals surface area contributed by atoms with Crippen molar-refractivity contribution in [2.24, 2.45) is 0 Å². The highest BCUT2D eigenvalue weighted by Gasteiger charge is 2.21. The monoisotopic (exact) mass is 385 g/mol. The van der Waals surface area contributed by atoms with Gasteiger partial charge in [-0.3, -0.25) is 4.79 Å². The molecule has 0 atom stereocenters. The lowest BCUT2D eigenvalue weighted by Crippen LogP contribution is -2.24. The molecule has 8 heteroatoms. The van der Waals surface area contributed by atoms with E-state index in [1.165, 1.54) is 58.6 Å². The number of rotatable bonds is 6. The second-order valence-electron chi connectivity index (χ2n) is 5.99. The highest BCUT2D eigenvalue weighted by molar-refractivity contribution is 7.91. The number of methoxy groups -OCH3 is 1. The highest BCUT2D eigenvalue weighted by Crippen LogP contribution is 2.29. The normalized spacial score (nSPS) is 14.5. The van der Waals surface area contributed by atoms with Gasteiger partial charge < -0.3 is 20.7 Å². The number of nitrogens with two attached hydrogens (primary N) is 1. The van der Waals surface area contributed by atoms with Crippen LogP contribution in [0.2, 0.25) is 0 Å². The van der Waals surface area contributed by atoms with E-state index in [1.54, 1.807) is 6.92 Å². The Hall–Kier alpha value is -1.80. The summed E-state index contributed by atoms with van der Waals surface area (Å²) in [7, 11) is -2.09. The molecule has 0 radical (unpaired) electrons. The van der Waals surface area contributed by atoms with Crippen LogP contribution in [0.25, 0.3) is 0 Å². The van der Waals surface area contributed by atoms with Crippen LogP contribution < -0.4 is 15.8 Å². The smallest absolute Gasteiger partial charge is 0.255 e. The largest absolute Gasteiger partial charge is 0.496 e. The number of amides is 1. The first-order chi connectivity index (χ1) is 12.3. The van der Waals surface area contributed by atoms with Gasteiger partial charge in [-0.1, -0.05) is 13.8 Å². The van der Waals surface area contributed by atoms with Crippen molar-refractivity contribution in [3.8, 4) is 5.75 Å². The fourth-order valence-corrected chi connectivity index (χ4v) is 3.73. The maximum absolute atomic E-state index is 11.9. The Morgan fingerprint density at radius 2 is 1.85 bits per heavy atom. The zero-order valence-corrected chi connectivity index (χ0v) is 17.0. The van der Waals surface area contributed by atoms with Gasteiger partial charge in [0.2, 0.25) is 0 Å². The minimum absolute atomic E-state index is 0.0444. The average Bonchev–Trinajstić information content (AvgIpc) is 3.15. The molecule has 1 aromatic rings. The minimum atomic E-state index is -3.49. The number of nitrogen functional groups attached to an aromatic ring is 1. The van der Waals surface area contributed by atoms with Crippen molar-refractivity contribution in [2.75, 3.05) is 44.8 Å². The van der Waals surface area contributed by atoms with Crippen molar-refractivity contribution < 1.29 is 17.9 Å². The predicted octanol–water partition coefficient (Wildman–Crippen LogP) is 1.92. The molecule has 1 saturated heterocycles. The Bertz CT molecular complexity index is 699. The fourth-order valence-electron chi connectivity index (χ4n) is 2.70. The van der Waals surface area contributed by atoms with Crippen LogP contribution in [-0.2, 0) is 9.84 Å². The number of hydrogen-bond donors (Lipinski definition) is 2. The standard InChI is InChI=1S/C12H18N2O4S.C6H13N/c1-4-14-12(15)8-6-11(19(16,17)5-2)9(13)7-10(8)18-3;1-2-7-5-3-4-6-7/h6-7H,4-5,13H2,1-3H3,(H,14,15);2-6H2,1H3. The molecule has 1 amide bonds. The van der Waals surface area contributed by atoms with Gasteiger partial charge in [0.15, 0.2) is 9.84 Å². The first-order valence-corrected chi connectivity index (χ1v) is 10.7. The lowest BCUT2D eigenvalue weighted by Gasteiger charge is -2.13. The van der Waals surface area contributed by atoms with E-state index in [9.17, 15) is 13.2 Å². The fraction of sp³-hybridized carbons (Fsp3) is 0.611. The molecule has 0 aromatic heterocycles. The van der Waals surface area contributed by atoms with Gasteiger partial charge in [-0.25, -0.2) is 8.42 Å². The van der Waals surface area contributed by atoms with Crippen LogP contribution >= 0.6 is 0 Å². The summed E-state index contributed by atoms with van der Waals surface area (Å²) in [5, 5.41) is 2.60. The van der Waals surface area contributed by atoms with Gasteiger partial charge >= 0.3 is 0 Å². The number of carbonyl (C=O) groups is 1.